The van der Waals surface area contributed by atoms with E-state index in [1.54, 1.807) is 0 Å². The third-order valence-corrected chi connectivity index (χ3v) is 7.82. The molecule has 0 bridgehead atoms. The molecule has 0 atom stereocenters. The van der Waals surface area contributed by atoms with Gasteiger partial charge in [-0.2, -0.15) is 9.30 Å². The monoisotopic (exact) mass is 455 g/mol. The van der Waals surface area contributed by atoms with Gasteiger partial charge in [0.2, 0.25) is 10.0 Å². The Morgan fingerprint density at radius 2 is 1.77 bits per heavy atom. The summed E-state index contributed by atoms with van der Waals surface area (Å²) in [4.78, 5) is 17.7. The van der Waals surface area contributed by atoms with E-state index in [1.165, 1.54) is 57.6 Å². The largest absolute Gasteiger partial charge is 0.319 e. The fraction of sp³-hybridized carbons (Fsp3) is 0.217. The highest BCUT2D eigenvalue weighted by Crippen LogP contribution is 2.20. The predicted octanol–water partition coefficient (Wildman–Crippen LogP) is 3.91. The van der Waals surface area contributed by atoms with Crippen molar-refractivity contribution in [2.45, 2.75) is 18.2 Å². The maximum Gasteiger partial charge on any atom is 0.279 e. The van der Waals surface area contributed by atoms with Crippen LogP contribution in [0.1, 0.15) is 22.8 Å². The number of hydrogen-bond acceptors (Lipinski definition) is 4. The lowest BCUT2D eigenvalue weighted by molar-refractivity contribution is 0.0998. The third kappa shape index (κ3) is 4.76. The lowest BCUT2D eigenvalue weighted by Gasteiger charge is -2.19. The summed E-state index contributed by atoms with van der Waals surface area (Å²) in [6, 6.07) is 12.0. The van der Waals surface area contributed by atoms with Crippen molar-refractivity contribution in [1.82, 2.24) is 8.87 Å². The van der Waals surface area contributed by atoms with Crippen molar-refractivity contribution in [3.63, 3.8) is 0 Å². The zero-order chi connectivity index (χ0) is 22.6. The van der Waals surface area contributed by atoms with Gasteiger partial charge in [-0.25, -0.2) is 8.42 Å². The predicted molar refractivity (Wildman–Crippen MR) is 126 cm³/mol. The van der Waals surface area contributed by atoms with Gasteiger partial charge in [-0.15, -0.1) is 13.2 Å². The SMILES string of the molecule is C=CCN(CC=C)S(=O)(=O)c1ccc(C(=O)N=c2sc3cc(CC)ccc3n2C)cc1. The van der Waals surface area contributed by atoms with E-state index in [0.717, 1.165) is 16.6 Å². The van der Waals surface area contributed by atoms with Crippen LogP contribution >= 0.6 is 11.3 Å². The van der Waals surface area contributed by atoms with Crippen LogP contribution in [0.2, 0.25) is 0 Å². The van der Waals surface area contributed by atoms with Crippen molar-refractivity contribution in [3.8, 4) is 0 Å². The molecule has 0 N–H and O–H groups in total. The van der Waals surface area contributed by atoms with E-state index in [4.69, 9.17) is 0 Å². The molecule has 1 heterocycles. The number of sulfonamides is 1. The molecule has 0 radical (unpaired) electrons. The van der Waals surface area contributed by atoms with Crippen molar-refractivity contribution in [3.05, 3.63) is 83.7 Å². The molecule has 3 aromatic rings. The zero-order valence-corrected chi connectivity index (χ0v) is 19.2. The second-order valence-electron chi connectivity index (χ2n) is 6.94. The second-order valence-corrected chi connectivity index (χ2v) is 9.89. The summed E-state index contributed by atoms with van der Waals surface area (Å²) < 4.78 is 29.8. The van der Waals surface area contributed by atoms with Gasteiger partial charge in [0.25, 0.3) is 5.91 Å². The fourth-order valence-corrected chi connectivity index (χ4v) is 5.60. The molecule has 0 fully saturated rings. The number of amides is 1. The van der Waals surface area contributed by atoms with Crippen molar-refractivity contribution >= 4 is 37.5 Å². The Bertz CT molecular complexity index is 1290. The molecule has 31 heavy (non-hydrogen) atoms. The van der Waals surface area contributed by atoms with Gasteiger partial charge in [0.05, 0.1) is 15.1 Å². The van der Waals surface area contributed by atoms with Crippen LogP contribution in [-0.2, 0) is 23.5 Å². The quantitative estimate of drug-likeness (QED) is 0.484. The van der Waals surface area contributed by atoms with Crippen molar-refractivity contribution < 1.29 is 13.2 Å². The Morgan fingerprint density at radius 1 is 1.13 bits per heavy atom. The lowest BCUT2D eigenvalue weighted by atomic mass is 10.2. The Labute approximate surface area is 186 Å². The highest BCUT2D eigenvalue weighted by molar-refractivity contribution is 7.89. The first-order valence-corrected chi connectivity index (χ1v) is 12.1. The van der Waals surface area contributed by atoms with Gasteiger partial charge in [-0.05, 0) is 48.4 Å². The van der Waals surface area contributed by atoms with E-state index < -0.39 is 15.9 Å². The number of aromatic nitrogens is 1. The first kappa shape index (κ1) is 22.9. The third-order valence-electron chi connectivity index (χ3n) is 4.88. The smallest absolute Gasteiger partial charge is 0.279 e. The van der Waals surface area contributed by atoms with E-state index in [2.05, 4.69) is 37.2 Å². The molecule has 0 aliphatic heterocycles. The molecule has 0 spiro atoms. The van der Waals surface area contributed by atoms with Crippen LogP contribution < -0.4 is 4.80 Å². The molecule has 2 aromatic carbocycles. The number of rotatable bonds is 8. The minimum atomic E-state index is -3.71. The Kier molecular flexibility index (Phi) is 7.04. The molecule has 0 saturated heterocycles. The first-order chi connectivity index (χ1) is 14.8. The number of carbonyl (C=O) groups is 1. The highest BCUT2D eigenvalue weighted by Gasteiger charge is 2.22. The van der Waals surface area contributed by atoms with Crippen LogP contribution in [0.5, 0.6) is 0 Å². The van der Waals surface area contributed by atoms with Crippen LogP contribution in [-0.4, -0.2) is 36.3 Å². The number of benzene rings is 2. The van der Waals surface area contributed by atoms with Gasteiger partial charge in [-0.3, -0.25) is 4.79 Å². The molecule has 162 valence electrons. The number of carbonyl (C=O) groups excluding carboxylic acids is 1. The fourth-order valence-electron chi connectivity index (χ4n) is 3.13. The van der Waals surface area contributed by atoms with Crippen molar-refractivity contribution in [1.29, 1.82) is 0 Å². The number of fused-ring (bicyclic) bond motifs is 1. The van der Waals surface area contributed by atoms with Gasteiger partial charge >= 0.3 is 0 Å². The molecule has 0 unspecified atom stereocenters. The Balaban J connectivity index is 1.92. The maximum absolute atomic E-state index is 12.8. The number of aryl methyl sites for hydroxylation is 2. The normalized spacial score (nSPS) is 12.4. The zero-order valence-electron chi connectivity index (χ0n) is 17.6. The summed E-state index contributed by atoms with van der Waals surface area (Å²) >= 11 is 1.45. The van der Waals surface area contributed by atoms with Crippen LogP contribution in [0, 0.1) is 0 Å². The molecule has 6 nitrogen and oxygen atoms in total. The van der Waals surface area contributed by atoms with Gasteiger partial charge < -0.3 is 4.57 Å². The van der Waals surface area contributed by atoms with E-state index >= 15 is 0 Å². The van der Waals surface area contributed by atoms with Gasteiger partial charge in [0.1, 0.15) is 0 Å². The minimum absolute atomic E-state index is 0.104. The van der Waals surface area contributed by atoms with Crippen molar-refractivity contribution in [2.24, 2.45) is 12.0 Å². The van der Waals surface area contributed by atoms with E-state index in [0.29, 0.717) is 10.4 Å². The summed E-state index contributed by atoms with van der Waals surface area (Å²) in [6.07, 6.45) is 3.98. The molecule has 8 heteroatoms. The average Bonchev–Trinajstić information content (AvgIpc) is 3.08. The molecule has 3 rings (SSSR count). The number of nitrogens with zero attached hydrogens (tertiary/aromatic N) is 3. The number of thiazole rings is 1. The van der Waals surface area contributed by atoms with Crippen LogP contribution in [0.25, 0.3) is 10.2 Å². The summed E-state index contributed by atoms with van der Waals surface area (Å²) in [5, 5.41) is 0. The molecule has 0 saturated carbocycles. The molecule has 1 amide bonds. The molecular formula is C23H25N3O3S2. The second kappa shape index (κ2) is 9.55. The first-order valence-electron chi connectivity index (χ1n) is 9.81. The summed E-state index contributed by atoms with van der Waals surface area (Å²) in [6.45, 7) is 9.65. The van der Waals surface area contributed by atoms with Gasteiger partial charge in [0.15, 0.2) is 4.80 Å². The minimum Gasteiger partial charge on any atom is -0.319 e. The van der Waals surface area contributed by atoms with E-state index in [-0.39, 0.29) is 18.0 Å². The standard InChI is InChI=1S/C23H25N3O3S2/c1-5-14-26(15-6-2)31(28,29)19-11-9-18(10-12-19)22(27)24-23-25(4)20-13-8-17(7-3)16-21(20)30-23/h5-6,8-13,16H,1-2,7,14-15H2,3-4H3. The summed E-state index contributed by atoms with van der Waals surface area (Å²) in [7, 11) is -1.84. The highest BCUT2D eigenvalue weighted by atomic mass is 32.2. The summed E-state index contributed by atoms with van der Waals surface area (Å²) in [5.41, 5.74) is 2.57. The van der Waals surface area contributed by atoms with Gasteiger partial charge in [0, 0.05) is 25.7 Å². The molecular weight excluding hydrogens is 430 g/mol. The molecule has 0 aliphatic carbocycles. The van der Waals surface area contributed by atoms with E-state index in [1.807, 2.05) is 17.7 Å². The molecule has 1 aromatic heterocycles. The van der Waals surface area contributed by atoms with Gasteiger partial charge in [-0.1, -0.05) is 36.5 Å². The maximum atomic E-state index is 12.8. The van der Waals surface area contributed by atoms with Crippen LogP contribution in [0.15, 0.2) is 77.7 Å². The topological polar surface area (TPSA) is 71.7 Å². The van der Waals surface area contributed by atoms with E-state index in [9.17, 15) is 13.2 Å². The molecule has 0 aliphatic rings. The number of hydrogen-bond donors (Lipinski definition) is 0. The Hall–Kier alpha value is -2.81. The Morgan fingerprint density at radius 3 is 2.35 bits per heavy atom. The van der Waals surface area contributed by atoms with Crippen LogP contribution in [0.3, 0.4) is 0 Å². The van der Waals surface area contributed by atoms with Crippen molar-refractivity contribution in [2.75, 3.05) is 13.1 Å². The van der Waals surface area contributed by atoms with Crippen LogP contribution in [0.4, 0.5) is 0 Å². The summed E-state index contributed by atoms with van der Waals surface area (Å²) in [5.74, 6) is -0.421. The lowest BCUT2D eigenvalue weighted by Crippen LogP contribution is -2.31. The average molecular weight is 456 g/mol.